The van der Waals surface area contributed by atoms with Crippen molar-refractivity contribution in [2.45, 2.75) is 19.8 Å². The molecule has 17 heavy (non-hydrogen) atoms. The average molecular weight is 251 g/mol. The highest BCUT2D eigenvalue weighted by atomic mass is 35.5. The molecule has 0 aliphatic carbocycles. The van der Waals surface area contributed by atoms with Gasteiger partial charge < -0.3 is 0 Å². The number of nitro groups is 1. The van der Waals surface area contributed by atoms with Crippen LogP contribution in [0.3, 0.4) is 0 Å². The first-order valence-corrected chi connectivity index (χ1v) is 5.73. The lowest BCUT2D eigenvalue weighted by Crippen LogP contribution is -1.98. The molecule has 1 heterocycles. The molecule has 5 heteroatoms. The number of fused-ring (bicyclic) bond motifs is 1. The lowest BCUT2D eigenvalue weighted by molar-refractivity contribution is -0.385. The Hall–Kier alpha value is -1.68. The Labute approximate surface area is 103 Å². The van der Waals surface area contributed by atoms with E-state index in [9.17, 15) is 10.1 Å². The van der Waals surface area contributed by atoms with Crippen molar-refractivity contribution in [1.29, 1.82) is 0 Å². The summed E-state index contributed by atoms with van der Waals surface area (Å²) in [5.41, 5.74) is 1.36. The lowest BCUT2D eigenvalue weighted by Gasteiger charge is -2.07. The summed E-state index contributed by atoms with van der Waals surface area (Å²) in [6, 6.07) is 5.01. The predicted molar refractivity (Wildman–Crippen MR) is 67.4 cm³/mol. The molecular formula is C12H11ClN2O2. The fraction of sp³-hybridized carbons (Fsp3) is 0.250. The molecule has 0 saturated carbocycles. The molecule has 0 spiro atoms. The summed E-state index contributed by atoms with van der Waals surface area (Å²) in [4.78, 5) is 14.8. The van der Waals surface area contributed by atoms with E-state index in [0.29, 0.717) is 22.5 Å². The molecule has 0 radical (unpaired) electrons. The van der Waals surface area contributed by atoms with Crippen molar-refractivity contribution in [2.24, 2.45) is 0 Å². The fourth-order valence-electron chi connectivity index (χ4n) is 1.90. The van der Waals surface area contributed by atoms with Gasteiger partial charge in [-0.2, -0.15) is 0 Å². The standard InChI is InChI=1S/C12H11ClN2O2/c1-2-4-9-11(15(16)17)7-10(13)8-5-3-6-14-12(8)9/h3,5-7H,2,4H2,1H3. The summed E-state index contributed by atoms with van der Waals surface area (Å²) in [6.45, 7) is 1.98. The monoisotopic (exact) mass is 250 g/mol. The first-order valence-electron chi connectivity index (χ1n) is 5.35. The minimum Gasteiger partial charge on any atom is -0.258 e. The number of hydrogen-bond donors (Lipinski definition) is 0. The van der Waals surface area contributed by atoms with Crippen LogP contribution in [0.2, 0.25) is 5.02 Å². The lowest BCUT2D eigenvalue weighted by atomic mass is 10.0. The van der Waals surface area contributed by atoms with Crippen LogP contribution in [0, 0.1) is 10.1 Å². The van der Waals surface area contributed by atoms with E-state index in [-0.39, 0.29) is 5.69 Å². The summed E-state index contributed by atoms with van der Waals surface area (Å²) in [6.07, 6.45) is 3.08. The molecule has 0 amide bonds. The van der Waals surface area contributed by atoms with Gasteiger partial charge >= 0.3 is 0 Å². The summed E-state index contributed by atoms with van der Waals surface area (Å²) in [5.74, 6) is 0. The van der Waals surface area contributed by atoms with Gasteiger partial charge in [-0.05, 0) is 18.6 Å². The van der Waals surface area contributed by atoms with Crippen LogP contribution in [0.5, 0.6) is 0 Å². The van der Waals surface area contributed by atoms with Gasteiger partial charge in [0.15, 0.2) is 0 Å². The van der Waals surface area contributed by atoms with Gasteiger partial charge in [0.25, 0.3) is 5.69 Å². The number of hydrogen-bond acceptors (Lipinski definition) is 3. The van der Waals surface area contributed by atoms with Gasteiger partial charge in [0.05, 0.1) is 21.0 Å². The maximum Gasteiger partial charge on any atom is 0.276 e. The molecule has 0 atom stereocenters. The molecule has 1 aromatic carbocycles. The van der Waals surface area contributed by atoms with Gasteiger partial charge in [-0.1, -0.05) is 24.9 Å². The number of rotatable bonds is 3. The van der Waals surface area contributed by atoms with E-state index in [1.54, 1.807) is 12.3 Å². The van der Waals surface area contributed by atoms with Gasteiger partial charge in [0.1, 0.15) is 0 Å². The second kappa shape index (κ2) is 4.67. The second-order valence-electron chi connectivity index (χ2n) is 3.76. The number of pyridine rings is 1. The van der Waals surface area contributed by atoms with Gasteiger partial charge in [0, 0.05) is 17.6 Å². The van der Waals surface area contributed by atoms with E-state index in [0.717, 1.165) is 11.8 Å². The molecule has 0 aliphatic heterocycles. The quantitative estimate of drug-likeness (QED) is 0.616. The normalized spacial score (nSPS) is 10.7. The summed E-state index contributed by atoms with van der Waals surface area (Å²) < 4.78 is 0. The van der Waals surface area contributed by atoms with Gasteiger partial charge in [-0.25, -0.2) is 0 Å². The average Bonchev–Trinajstić information content (AvgIpc) is 2.32. The Balaban J connectivity index is 2.82. The van der Waals surface area contributed by atoms with E-state index in [1.165, 1.54) is 6.07 Å². The summed E-state index contributed by atoms with van der Waals surface area (Å²) in [5, 5.41) is 12.2. The smallest absolute Gasteiger partial charge is 0.258 e. The van der Waals surface area contributed by atoms with E-state index < -0.39 is 4.92 Å². The van der Waals surface area contributed by atoms with E-state index >= 15 is 0 Å². The van der Waals surface area contributed by atoms with Crippen LogP contribution in [-0.2, 0) is 6.42 Å². The second-order valence-corrected chi connectivity index (χ2v) is 4.17. The number of aryl methyl sites for hydroxylation is 1. The fourth-order valence-corrected chi connectivity index (χ4v) is 2.16. The Morgan fingerprint density at radius 1 is 1.53 bits per heavy atom. The van der Waals surface area contributed by atoms with E-state index in [1.807, 2.05) is 13.0 Å². The molecule has 0 saturated heterocycles. The Morgan fingerprint density at radius 2 is 2.29 bits per heavy atom. The molecule has 0 fully saturated rings. The van der Waals surface area contributed by atoms with Gasteiger partial charge in [-0.15, -0.1) is 0 Å². The van der Waals surface area contributed by atoms with Crippen LogP contribution >= 0.6 is 11.6 Å². The first kappa shape index (κ1) is 11.8. The van der Waals surface area contributed by atoms with Crippen LogP contribution in [0.1, 0.15) is 18.9 Å². The minimum absolute atomic E-state index is 0.0584. The third-order valence-electron chi connectivity index (χ3n) is 2.62. The molecule has 2 rings (SSSR count). The van der Waals surface area contributed by atoms with Crippen molar-refractivity contribution in [2.75, 3.05) is 0 Å². The molecular weight excluding hydrogens is 240 g/mol. The molecule has 0 unspecified atom stereocenters. The van der Waals surface area contributed by atoms with Crippen molar-refractivity contribution in [3.8, 4) is 0 Å². The molecule has 2 aromatic rings. The van der Waals surface area contributed by atoms with Crippen molar-refractivity contribution in [3.05, 3.63) is 45.1 Å². The third kappa shape index (κ3) is 2.08. The largest absolute Gasteiger partial charge is 0.276 e. The maximum absolute atomic E-state index is 11.0. The molecule has 1 aromatic heterocycles. The van der Waals surface area contributed by atoms with Crippen LogP contribution < -0.4 is 0 Å². The number of halogens is 1. The zero-order valence-electron chi connectivity index (χ0n) is 9.31. The van der Waals surface area contributed by atoms with Crippen LogP contribution in [0.25, 0.3) is 10.9 Å². The number of benzene rings is 1. The SMILES string of the molecule is CCCc1c([N+](=O)[O-])cc(Cl)c2cccnc12. The minimum atomic E-state index is -0.398. The highest BCUT2D eigenvalue weighted by Gasteiger charge is 2.19. The molecule has 0 N–H and O–H groups in total. The van der Waals surface area contributed by atoms with Crippen LogP contribution in [-0.4, -0.2) is 9.91 Å². The number of aromatic nitrogens is 1. The predicted octanol–water partition coefficient (Wildman–Crippen LogP) is 3.75. The van der Waals surface area contributed by atoms with E-state index in [2.05, 4.69) is 4.98 Å². The Bertz CT molecular complexity index is 584. The highest BCUT2D eigenvalue weighted by Crippen LogP contribution is 2.33. The van der Waals surface area contributed by atoms with Crippen LogP contribution in [0.4, 0.5) is 5.69 Å². The number of nitrogens with zero attached hydrogens (tertiary/aromatic N) is 2. The molecule has 88 valence electrons. The molecule has 4 nitrogen and oxygen atoms in total. The van der Waals surface area contributed by atoms with Crippen molar-refractivity contribution >= 4 is 28.2 Å². The van der Waals surface area contributed by atoms with Gasteiger partial charge in [0.2, 0.25) is 0 Å². The van der Waals surface area contributed by atoms with Crippen molar-refractivity contribution in [3.63, 3.8) is 0 Å². The van der Waals surface area contributed by atoms with Crippen molar-refractivity contribution in [1.82, 2.24) is 4.98 Å². The number of nitro benzene ring substituents is 1. The van der Waals surface area contributed by atoms with Crippen LogP contribution in [0.15, 0.2) is 24.4 Å². The Kier molecular flexibility index (Phi) is 3.24. The maximum atomic E-state index is 11.0. The summed E-state index contributed by atoms with van der Waals surface area (Å²) in [7, 11) is 0. The van der Waals surface area contributed by atoms with E-state index in [4.69, 9.17) is 11.6 Å². The molecule has 0 bridgehead atoms. The zero-order valence-corrected chi connectivity index (χ0v) is 10.1. The zero-order chi connectivity index (χ0) is 12.4. The highest BCUT2D eigenvalue weighted by molar-refractivity contribution is 6.35. The summed E-state index contributed by atoms with van der Waals surface area (Å²) >= 11 is 6.03. The molecule has 0 aliphatic rings. The first-order chi connectivity index (χ1) is 8.15. The third-order valence-corrected chi connectivity index (χ3v) is 2.93. The van der Waals surface area contributed by atoms with Crippen molar-refractivity contribution < 1.29 is 4.92 Å². The topological polar surface area (TPSA) is 56.0 Å². The van der Waals surface area contributed by atoms with Gasteiger partial charge in [-0.3, -0.25) is 15.1 Å². The Morgan fingerprint density at radius 3 is 2.94 bits per heavy atom.